The molecule has 0 aromatic heterocycles. The van der Waals surface area contributed by atoms with E-state index in [1.165, 1.54) is 25.3 Å². The van der Waals surface area contributed by atoms with E-state index in [-0.39, 0.29) is 11.4 Å². The normalized spacial score (nSPS) is 11.3. The van der Waals surface area contributed by atoms with E-state index in [4.69, 9.17) is 16.3 Å². The van der Waals surface area contributed by atoms with Crippen LogP contribution >= 0.6 is 11.6 Å². The molecule has 0 bridgehead atoms. The minimum Gasteiger partial charge on any atom is -0.383 e. The molecule has 1 aromatic rings. The van der Waals surface area contributed by atoms with Crippen LogP contribution in [0.2, 0.25) is 5.02 Å². The summed E-state index contributed by atoms with van der Waals surface area (Å²) in [7, 11) is -2.23. The van der Waals surface area contributed by atoms with Crippen LogP contribution in [0.1, 0.15) is 0 Å². The molecule has 8 heteroatoms. The number of carbonyl (C=O) groups is 1. The van der Waals surface area contributed by atoms with Gasteiger partial charge in [0.25, 0.3) is 0 Å². The fraction of sp³-hybridized carbons (Fsp3) is 0.364. The molecule has 1 aromatic carbocycles. The van der Waals surface area contributed by atoms with E-state index in [0.717, 1.165) is 0 Å². The number of rotatable bonds is 7. The van der Waals surface area contributed by atoms with Crippen molar-refractivity contribution in [1.82, 2.24) is 10.0 Å². The highest BCUT2D eigenvalue weighted by molar-refractivity contribution is 7.89. The van der Waals surface area contributed by atoms with Gasteiger partial charge in [0.15, 0.2) is 0 Å². The molecule has 1 rings (SSSR count). The maximum absolute atomic E-state index is 11.8. The third kappa shape index (κ3) is 5.56. The Bertz CT molecular complexity index is 533. The number of hydrogen-bond acceptors (Lipinski definition) is 4. The first kappa shape index (κ1) is 15.9. The highest BCUT2D eigenvalue weighted by Gasteiger charge is 2.15. The summed E-state index contributed by atoms with van der Waals surface area (Å²) in [5.74, 6) is -0.428. The molecule has 0 unspecified atom stereocenters. The first-order chi connectivity index (χ1) is 8.95. The number of ether oxygens (including phenoxy) is 1. The lowest BCUT2D eigenvalue weighted by Gasteiger charge is -2.07. The lowest BCUT2D eigenvalue weighted by molar-refractivity contribution is -0.120. The largest absolute Gasteiger partial charge is 0.383 e. The van der Waals surface area contributed by atoms with Gasteiger partial charge in [0.2, 0.25) is 15.9 Å². The zero-order valence-corrected chi connectivity index (χ0v) is 11.9. The molecule has 106 valence electrons. The number of sulfonamides is 1. The van der Waals surface area contributed by atoms with Crippen molar-refractivity contribution in [3.8, 4) is 0 Å². The Hall–Kier alpha value is -1.15. The molecule has 0 spiro atoms. The number of carbonyl (C=O) groups excluding carboxylic acids is 1. The average molecular weight is 307 g/mol. The summed E-state index contributed by atoms with van der Waals surface area (Å²) in [6.07, 6.45) is 0. The summed E-state index contributed by atoms with van der Waals surface area (Å²) in [4.78, 5) is 11.4. The van der Waals surface area contributed by atoms with Crippen LogP contribution in [0.15, 0.2) is 29.2 Å². The summed E-state index contributed by atoms with van der Waals surface area (Å²) in [6.45, 7) is 0.361. The highest BCUT2D eigenvalue weighted by atomic mass is 35.5. The van der Waals surface area contributed by atoms with Crippen LogP contribution in [-0.4, -0.2) is 41.1 Å². The third-order valence-electron chi connectivity index (χ3n) is 2.16. The first-order valence-electron chi connectivity index (χ1n) is 5.46. The van der Waals surface area contributed by atoms with Crippen molar-refractivity contribution >= 4 is 27.5 Å². The van der Waals surface area contributed by atoms with Crippen LogP contribution in [0.25, 0.3) is 0 Å². The van der Waals surface area contributed by atoms with Crippen molar-refractivity contribution in [2.75, 3.05) is 26.8 Å². The van der Waals surface area contributed by atoms with Gasteiger partial charge in [0.05, 0.1) is 18.0 Å². The van der Waals surface area contributed by atoms with Gasteiger partial charge in [0.1, 0.15) is 0 Å². The molecule has 0 radical (unpaired) electrons. The second-order valence-electron chi connectivity index (χ2n) is 3.62. The smallest absolute Gasteiger partial charge is 0.241 e. The van der Waals surface area contributed by atoms with Crippen LogP contribution in [-0.2, 0) is 19.6 Å². The fourth-order valence-electron chi connectivity index (χ4n) is 1.23. The van der Waals surface area contributed by atoms with Gasteiger partial charge in [-0.05, 0) is 18.2 Å². The quantitative estimate of drug-likeness (QED) is 0.713. The number of benzene rings is 1. The molecule has 0 saturated heterocycles. The minimum atomic E-state index is -3.73. The van der Waals surface area contributed by atoms with E-state index in [9.17, 15) is 13.2 Å². The highest BCUT2D eigenvalue weighted by Crippen LogP contribution is 2.14. The van der Waals surface area contributed by atoms with Crippen LogP contribution in [0.4, 0.5) is 0 Å². The second kappa shape index (κ2) is 7.44. The summed E-state index contributed by atoms with van der Waals surface area (Å²) >= 11 is 5.71. The average Bonchev–Trinajstić information content (AvgIpc) is 2.37. The molecular formula is C11H15ClN2O4S. The van der Waals surface area contributed by atoms with Gasteiger partial charge in [-0.2, -0.15) is 0 Å². The Morgan fingerprint density at radius 1 is 1.42 bits per heavy atom. The van der Waals surface area contributed by atoms with Crippen molar-refractivity contribution in [2.24, 2.45) is 0 Å². The van der Waals surface area contributed by atoms with Gasteiger partial charge in [-0.1, -0.05) is 17.7 Å². The van der Waals surface area contributed by atoms with Gasteiger partial charge in [-0.15, -0.1) is 0 Å². The Balaban J connectivity index is 2.54. The fourth-order valence-corrected chi connectivity index (χ4v) is 2.52. The lowest BCUT2D eigenvalue weighted by atomic mass is 10.4. The van der Waals surface area contributed by atoms with Crippen molar-refractivity contribution < 1.29 is 17.9 Å². The molecule has 0 atom stereocenters. The van der Waals surface area contributed by atoms with Crippen molar-refractivity contribution in [3.05, 3.63) is 29.3 Å². The molecule has 19 heavy (non-hydrogen) atoms. The molecule has 0 saturated carbocycles. The summed E-state index contributed by atoms with van der Waals surface area (Å²) < 4.78 is 30.6. The molecule has 6 nitrogen and oxygen atoms in total. The molecule has 0 aliphatic carbocycles. The molecule has 0 fully saturated rings. The minimum absolute atomic E-state index is 0.0182. The number of nitrogens with one attached hydrogen (secondary N) is 2. The van der Waals surface area contributed by atoms with Gasteiger partial charge in [-0.3, -0.25) is 4.79 Å². The standard InChI is InChI=1S/C11H15ClN2O4S/c1-18-6-5-13-11(15)8-14-19(16,17)10-4-2-3-9(12)7-10/h2-4,7,14H,5-6,8H2,1H3,(H,13,15). The number of halogens is 1. The molecule has 0 heterocycles. The van der Waals surface area contributed by atoms with E-state index in [1.54, 1.807) is 6.07 Å². The number of amides is 1. The Kier molecular flexibility index (Phi) is 6.23. The summed E-state index contributed by atoms with van der Waals surface area (Å²) in [6, 6.07) is 5.80. The molecule has 0 aliphatic rings. The van der Waals surface area contributed by atoms with Crippen molar-refractivity contribution in [3.63, 3.8) is 0 Å². The maximum Gasteiger partial charge on any atom is 0.241 e. The van der Waals surface area contributed by atoms with E-state index >= 15 is 0 Å². The van der Waals surface area contributed by atoms with Crippen molar-refractivity contribution in [1.29, 1.82) is 0 Å². The van der Waals surface area contributed by atoms with Gasteiger partial charge >= 0.3 is 0 Å². The summed E-state index contributed by atoms with van der Waals surface area (Å²) in [5, 5.41) is 2.81. The maximum atomic E-state index is 11.8. The number of methoxy groups -OCH3 is 1. The van der Waals surface area contributed by atoms with Gasteiger partial charge in [0, 0.05) is 18.7 Å². The Morgan fingerprint density at radius 3 is 2.79 bits per heavy atom. The third-order valence-corrected chi connectivity index (χ3v) is 3.79. The van der Waals surface area contributed by atoms with Crippen LogP contribution in [0, 0.1) is 0 Å². The zero-order valence-electron chi connectivity index (χ0n) is 10.3. The molecular weight excluding hydrogens is 292 g/mol. The Morgan fingerprint density at radius 2 is 2.16 bits per heavy atom. The summed E-state index contributed by atoms with van der Waals surface area (Å²) in [5.41, 5.74) is 0. The van der Waals surface area contributed by atoms with Crippen molar-refractivity contribution in [2.45, 2.75) is 4.90 Å². The predicted octanol–water partition coefficient (Wildman–Crippen LogP) is 0.381. The molecule has 1 amide bonds. The number of hydrogen-bond donors (Lipinski definition) is 2. The van der Waals surface area contributed by atoms with Crippen LogP contribution < -0.4 is 10.0 Å². The zero-order chi connectivity index (χ0) is 14.3. The van der Waals surface area contributed by atoms with E-state index in [0.29, 0.717) is 18.2 Å². The SMILES string of the molecule is COCCNC(=O)CNS(=O)(=O)c1cccc(Cl)c1. The van der Waals surface area contributed by atoms with Crippen LogP contribution in [0.5, 0.6) is 0 Å². The Labute approximate surface area is 117 Å². The monoisotopic (exact) mass is 306 g/mol. The first-order valence-corrected chi connectivity index (χ1v) is 7.32. The van der Waals surface area contributed by atoms with E-state index in [2.05, 4.69) is 10.0 Å². The topological polar surface area (TPSA) is 84.5 Å². The van der Waals surface area contributed by atoms with Gasteiger partial charge < -0.3 is 10.1 Å². The van der Waals surface area contributed by atoms with E-state index < -0.39 is 15.9 Å². The molecule has 2 N–H and O–H groups in total. The second-order valence-corrected chi connectivity index (χ2v) is 5.83. The molecule has 0 aliphatic heterocycles. The lowest BCUT2D eigenvalue weighted by Crippen LogP contribution is -2.38. The van der Waals surface area contributed by atoms with Crippen LogP contribution in [0.3, 0.4) is 0 Å². The predicted molar refractivity (Wildman–Crippen MR) is 71.5 cm³/mol. The van der Waals surface area contributed by atoms with Gasteiger partial charge in [-0.25, -0.2) is 13.1 Å². The van der Waals surface area contributed by atoms with E-state index in [1.807, 2.05) is 0 Å².